The number of amides is 1. The average molecular weight is 430 g/mol. The Bertz CT molecular complexity index is 1180. The van der Waals surface area contributed by atoms with E-state index in [1.54, 1.807) is 18.2 Å². The zero-order valence-electron chi connectivity index (χ0n) is 16.1. The van der Waals surface area contributed by atoms with Gasteiger partial charge in [0.1, 0.15) is 11.9 Å². The summed E-state index contributed by atoms with van der Waals surface area (Å²) in [4.78, 5) is 12.9. The summed E-state index contributed by atoms with van der Waals surface area (Å²) in [5.41, 5.74) is 1.31. The van der Waals surface area contributed by atoms with E-state index in [0.29, 0.717) is 18.4 Å². The minimum Gasteiger partial charge on any atom is -0.403 e. The minimum atomic E-state index is -3.82. The van der Waals surface area contributed by atoms with Crippen LogP contribution >= 0.6 is 0 Å². The normalized spacial score (nSPS) is 17.2. The van der Waals surface area contributed by atoms with Crippen LogP contribution in [0.15, 0.2) is 57.8 Å². The number of carbonyl (C=O) groups is 1. The lowest BCUT2D eigenvalue weighted by Gasteiger charge is -2.22. The summed E-state index contributed by atoms with van der Waals surface area (Å²) in [6.07, 6.45) is 0.934. The zero-order valence-corrected chi connectivity index (χ0v) is 16.9. The number of aryl methyl sites for hydroxylation is 1. The molecule has 2 aromatic carbocycles. The lowest BCUT2D eigenvalue weighted by atomic mass is 10.2. The van der Waals surface area contributed by atoms with Crippen molar-refractivity contribution in [2.45, 2.75) is 30.7 Å². The van der Waals surface area contributed by atoms with Gasteiger partial charge in [-0.3, -0.25) is 10.1 Å². The van der Waals surface area contributed by atoms with Gasteiger partial charge in [-0.1, -0.05) is 28.9 Å². The Kier molecular flexibility index (Phi) is 5.35. The van der Waals surface area contributed by atoms with E-state index in [2.05, 4.69) is 15.5 Å². The molecule has 156 valence electrons. The lowest BCUT2D eigenvalue weighted by molar-refractivity contribution is -0.119. The van der Waals surface area contributed by atoms with E-state index in [4.69, 9.17) is 4.42 Å². The first-order valence-electron chi connectivity index (χ1n) is 9.33. The van der Waals surface area contributed by atoms with E-state index in [9.17, 15) is 17.6 Å². The van der Waals surface area contributed by atoms with Crippen LogP contribution < -0.4 is 5.32 Å². The molecule has 0 spiro atoms. The second-order valence-electron chi connectivity index (χ2n) is 7.00. The van der Waals surface area contributed by atoms with Gasteiger partial charge in [0.05, 0.1) is 4.90 Å². The van der Waals surface area contributed by atoms with E-state index < -0.39 is 27.8 Å². The third-order valence-corrected chi connectivity index (χ3v) is 6.78. The van der Waals surface area contributed by atoms with Gasteiger partial charge in [0, 0.05) is 12.1 Å². The molecule has 1 amide bonds. The van der Waals surface area contributed by atoms with Gasteiger partial charge in [-0.25, -0.2) is 12.8 Å². The van der Waals surface area contributed by atoms with Gasteiger partial charge in [-0.05, 0) is 50.1 Å². The molecule has 0 aliphatic carbocycles. The first-order chi connectivity index (χ1) is 14.3. The van der Waals surface area contributed by atoms with Gasteiger partial charge in [0.15, 0.2) is 0 Å². The Hall–Kier alpha value is -3.11. The van der Waals surface area contributed by atoms with E-state index in [1.165, 1.54) is 34.6 Å². The highest BCUT2D eigenvalue weighted by Crippen LogP contribution is 2.27. The molecule has 1 aromatic heterocycles. The number of aromatic nitrogens is 2. The maximum absolute atomic E-state index is 13.4. The Labute approximate surface area is 172 Å². The summed E-state index contributed by atoms with van der Waals surface area (Å²) in [6.45, 7) is 2.11. The smallest absolute Gasteiger partial charge is 0.322 e. The molecule has 3 aromatic rings. The molecule has 2 heterocycles. The first kappa shape index (κ1) is 20.2. The summed E-state index contributed by atoms with van der Waals surface area (Å²) in [6, 6.07) is 11.0. The number of hydrogen-bond acceptors (Lipinski definition) is 6. The number of nitrogens with zero attached hydrogens (tertiary/aromatic N) is 3. The quantitative estimate of drug-likeness (QED) is 0.667. The van der Waals surface area contributed by atoms with Crippen LogP contribution in [0.3, 0.4) is 0 Å². The molecule has 10 heteroatoms. The van der Waals surface area contributed by atoms with Crippen LogP contribution in [0, 0.1) is 12.7 Å². The van der Waals surface area contributed by atoms with Gasteiger partial charge >= 0.3 is 6.01 Å². The standard InChI is InChI=1S/C20H19FN4O4S/c1-13-7-9-16(10-8-13)30(27,28)25-11-3-6-17(25)18(26)22-20-24-23-19(29-20)14-4-2-5-15(21)12-14/h2,4-5,7-10,12,17H,3,6,11H2,1H3,(H,22,24,26). The molecule has 1 aliphatic heterocycles. The number of hydrogen-bond donors (Lipinski definition) is 1. The van der Waals surface area contributed by atoms with Crippen LogP contribution in [0.25, 0.3) is 11.5 Å². The molecule has 1 atom stereocenters. The van der Waals surface area contributed by atoms with Crippen molar-refractivity contribution in [3.05, 3.63) is 59.9 Å². The lowest BCUT2D eigenvalue weighted by Crippen LogP contribution is -2.43. The summed E-state index contributed by atoms with van der Waals surface area (Å²) < 4.78 is 45.9. The van der Waals surface area contributed by atoms with Gasteiger partial charge in [-0.15, -0.1) is 5.10 Å². The number of halogens is 1. The number of rotatable bonds is 5. The number of carbonyl (C=O) groups excluding carboxylic acids is 1. The van der Waals surface area contributed by atoms with Gasteiger partial charge < -0.3 is 4.42 Å². The second kappa shape index (κ2) is 7.96. The molecular formula is C20H19FN4O4S. The van der Waals surface area contributed by atoms with Crippen LogP contribution in [0.1, 0.15) is 18.4 Å². The molecule has 0 bridgehead atoms. The van der Waals surface area contributed by atoms with Crippen molar-refractivity contribution >= 4 is 21.9 Å². The van der Waals surface area contributed by atoms with Crippen molar-refractivity contribution in [3.63, 3.8) is 0 Å². The van der Waals surface area contributed by atoms with E-state index in [0.717, 1.165) is 5.56 Å². The van der Waals surface area contributed by atoms with E-state index >= 15 is 0 Å². The van der Waals surface area contributed by atoms with E-state index in [1.807, 2.05) is 6.92 Å². The zero-order chi connectivity index (χ0) is 21.3. The molecule has 0 saturated carbocycles. The highest BCUT2D eigenvalue weighted by Gasteiger charge is 2.39. The minimum absolute atomic E-state index is 0.0420. The molecule has 0 radical (unpaired) electrons. The van der Waals surface area contributed by atoms with Crippen molar-refractivity contribution in [1.29, 1.82) is 0 Å². The fraction of sp³-hybridized carbons (Fsp3) is 0.250. The molecule has 30 heavy (non-hydrogen) atoms. The molecule has 1 saturated heterocycles. The average Bonchev–Trinajstić information content (AvgIpc) is 3.38. The monoisotopic (exact) mass is 430 g/mol. The Morgan fingerprint density at radius 3 is 2.70 bits per heavy atom. The highest BCUT2D eigenvalue weighted by molar-refractivity contribution is 7.89. The molecule has 8 nitrogen and oxygen atoms in total. The molecule has 1 aliphatic rings. The number of nitrogens with one attached hydrogen (secondary N) is 1. The molecule has 1 fully saturated rings. The largest absolute Gasteiger partial charge is 0.403 e. The summed E-state index contributed by atoms with van der Waals surface area (Å²) in [5.74, 6) is -0.975. The third-order valence-electron chi connectivity index (χ3n) is 4.86. The fourth-order valence-corrected chi connectivity index (χ4v) is 4.99. The maximum Gasteiger partial charge on any atom is 0.322 e. The van der Waals surface area contributed by atoms with Gasteiger partial charge in [0.2, 0.25) is 21.8 Å². The fourth-order valence-electron chi connectivity index (χ4n) is 3.34. The van der Waals surface area contributed by atoms with Crippen LogP contribution in [0.4, 0.5) is 10.4 Å². The molecular weight excluding hydrogens is 411 g/mol. The van der Waals surface area contributed by atoms with Gasteiger partial charge in [-0.2, -0.15) is 4.31 Å². The Balaban J connectivity index is 1.51. The maximum atomic E-state index is 13.4. The molecule has 1 N–H and O–H groups in total. The van der Waals surface area contributed by atoms with Crippen LogP contribution in [-0.2, 0) is 14.8 Å². The third kappa shape index (κ3) is 3.96. The van der Waals surface area contributed by atoms with Crippen LogP contribution in [0.2, 0.25) is 0 Å². The second-order valence-corrected chi connectivity index (χ2v) is 8.89. The SMILES string of the molecule is Cc1ccc(S(=O)(=O)N2CCCC2C(=O)Nc2nnc(-c3cccc(F)c3)o2)cc1. The Morgan fingerprint density at radius 2 is 1.97 bits per heavy atom. The molecule has 4 rings (SSSR count). The van der Waals surface area contributed by atoms with Crippen LogP contribution in [-0.4, -0.2) is 41.4 Å². The predicted octanol–water partition coefficient (Wildman–Crippen LogP) is 2.98. The topological polar surface area (TPSA) is 105 Å². The molecule has 1 unspecified atom stereocenters. The van der Waals surface area contributed by atoms with Crippen molar-refractivity contribution < 1.29 is 22.0 Å². The van der Waals surface area contributed by atoms with Crippen molar-refractivity contribution in [2.24, 2.45) is 0 Å². The van der Waals surface area contributed by atoms with Gasteiger partial charge in [0.25, 0.3) is 0 Å². The predicted molar refractivity (Wildman–Crippen MR) is 106 cm³/mol. The van der Waals surface area contributed by atoms with Crippen molar-refractivity contribution in [1.82, 2.24) is 14.5 Å². The summed E-state index contributed by atoms with van der Waals surface area (Å²) in [5, 5.41) is 10.0. The Morgan fingerprint density at radius 1 is 1.20 bits per heavy atom. The number of benzene rings is 2. The summed E-state index contributed by atoms with van der Waals surface area (Å²) >= 11 is 0. The van der Waals surface area contributed by atoms with Crippen molar-refractivity contribution in [3.8, 4) is 11.5 Å². The number of anilines is 1. The van der Waals surface area contributed by atoms with E-state index in [-0.39, 0.29) is 23.3 Å². The number of sulfonamides is 1. The highest BCUT2D eigenvalue weighted by atomic mass is 32.2. The van der Waals surface area contributed by atoms with Crippen molar-refractivity contribution in [2.75, 3.05) is 11.9 Å². The van der Waals surface area contributed by atoms with Crippen LogP contribution in [0.5, 0.6) is 0 Å². The summed E-state index contributed by atoms with van der Waals surface area (Å²) in [7, 11) is -3.82. The first-order valence-corrected chi connectivity index (χ1v) is 10.8.